The van der Waals surface area contributed by atoms with Crippen LogP contribution in [0.4, 0.5) is 8.78 Å². The highest BCUT2D eigenvalue weighted by Crippen LogP contribution is 2.45. The SMILES string of the molecule is FC(F)Oc1ccc2c(c1)[C@H]1CCN[C@@H]2C1. The monoisotopic (exact) mass is 225 g/mol. The van der Waals surface area contributed by atoms with Crippen LogP contribution in [0.3, 0.4) is 0 Å². The first-order chi connectivity index (χ1) is 7.74. The number of hydrogen-bond donors (Lipinski definition) is 1. The van der Waals surface area contributed by atoms with E-state index in [2.05, 4.69) is 10.1 Å². The number of ether oxygens (including phenoxy) is 1. The van der Waals surface area contributed by atoms with Gasteiger partial charge in [-0.15, -0.1) is 0 Å². The fourth-order valence-corrected chi connectivity index (χ4v) is 2.84. The van der Waals surface area contributed by atoms with E-state index in [4.69, 9.17) is 0 Å². The Hall–Kier alpha value is -1.16. The third-order valence-electron chi connectivity index (χ3n) is 3.50. The molecule has 0 radical (unpaired) electrons. The summed E-state index contributed by atoms with van der Waals surface area (Å²) in [4.78, 5) is 0. The van der Waals surface area contributed by atoms with Crippen LogP contribution in [0, 0.1) is 0 Å². The van der Waals surface area contributed by atoms with Crippen molar-refractivity contribution in [2.24, 2.45) is 0 Å². The van der Waals surface area contributed by atoms with Crippen LogP contribution < -0.4 is 10.1 Å². The standard InChI is InChI=1S/C12H13F2NO/c13-12(14)16-8-1-2-9-10(6-8)7-3-4-15-11(9)5-7/h1-2,6-7,11-12,15H,3-5H2/t7-,11+/m0/s1. The van der Waals surface area contributed by atoms with Crippen LogP contribution in [0.2, 0.25) is 0 Å². The van der Waals surface area contributed by atoms with Crippen molar-refractivity contribution in [2.75, 3.05) is 6.54 Å². The Morgan fingerprint density at radius 2 is 2.19 bits per heavy atom. The lowest BCUT2D eigenvalue weighted by molar-refractivity contribution is -0.0498. The van der Waals surface area contributed by atoms with E-state index >= 15 is 0 Å². The van der Waals surface area contributed by atoms with Gasteiger partial charge >= 0.3 is 6.61 Å². The Balaban J connectivity index is 1.94. The predicted octanol–water partition coefficient (Wildman–Crippen LogP) is 2.81. The van der Waals surface area contributed by atoms with Gasteiger partial charge in [0.25, 0.3) is 0 Å². The van der Waals surface area contributed by atoms with E-state index in [0.717, 1.165) is 19.4 Å². The van der Waals surface area contributed by atoms with E-state index in [-0.39, 0.29) is 5.75 Å². The number of halogens is 2. The van der Waals surface area contributed by atoms with Gasteiger partial charge in [0, 0.05) is 6.04 Å². The summed E-state index contributed by atoms with van der Waals surface area (Å²) < 4.78 is 28.6. The van der Waals surface area contributed by atoms with Gasteiger partial charge in [-0.25, -0.2) is 0 Å². The first kappa shape index (κ1) is 10.0. The van der Waals surface area contributed by atoms with Gasteiger partial charge in [-0.2, -0.15) is 8.78 Å². The number of alkyl halides is 2. The molecule has 1 N–H and O–H groups in total. The summed E-state index contributed by atoms with van der Waals surface area (Å²) in [7, 11) is 0. The summed E-state index contributed by atoms with van der Waals surface area (Å²) in [5.74, 6) is 0.795. The van der Waals surface area contributed by atoms with Crippen LogP contribution in [0.1, 0.15) is 35.9 Å². The Kier molecular flexibility index (Phi) is 2.32. The summed E-state index contributed by atoms with van der Waals surface area (Å²) in [6, 6.07) is 5.73. The fourth-order valence-electron chi connectivity index (χ4n) is 2.84. The van der Waals surface area contributed by atoms with Gasteiger partial charge in [0.2, 0.25) is 0 Å². The lowest BCUT2D eigenvalue weighted by Gasteiger charge is -2.20. The van der Waals surface area contributed by atoms with Gasteiger partial charge < -0.3 is 10.1 Å². The number of hydrogen-bond acceptors (Lipinski definition) is 2. The molecule has 2 nitrogen and oxygen atoms in total. The highest BCUT2D eigenvalue weighted by molar-refractivity contribution is 5.44. The quantitative estimate of drug-likeness (QED) is 0.835. The molecule has 0 spiro atoms. The lowest BCUT2D eigenvalue weighted by atomic mass is 9.96. The van der Waals surface area contributed by atoms with Crippen LogP contribution in [0.5, 0.6) is 5.75 Å². The molecule has 2 aliphatic rings. The van der Waals surface area contributed by atoms with Gasteiger partial charge in [-0.1, -0.05) is 6.07 Å². The fraction of sp³-hybridized carbons (Fsp3) is 0.500. The minimum Gasteiger partial charge on any atom is -0.435 e. The topological polar surface area (TPSA) is 21.3 Å². The number of piperidine rings is 1. The smallest absolute Gasteiger partial charge is 0.387 e. The number of rotatable bonds is 2. The molecule has 0 aromatic heterocycles. The molecule has 86 valence electrons. The summed E-state index contributed by atoms with van der Waals surface area (Å²) in [5.41, 5.74) is 2.44. The molecule has 1 aliphatic carbocycles. The molecule has 0 saturated carbocycles. The van der Waals surface area contributed by atoms with Gasteiger partial charge in [-0.3, -0.25) is 0 Å². The zero-order valence-corrected chi connectivity index (χ0v) is 8.75. The highest BCUT2D eigenvalue weighted by atomic mass is 19.3. The van der Waals surface area contributed by atoms with Crippen LogP contribution in [-0.2, 0) is 0 Å². The van der Waals surface area contributed by atoms with E-state index in [1.807, 2.05) is 6.07 Å². The maximum atomic E-state index is 12.1. The molecule has 1 heterocycles. The molecule has 16 heavy (non-hydrogen) atoms. The number of benzene rings is 1. The zero-order chi connectivity index (χ0) is 11.1. The van der Waals surface area contributed by atoms with Crippen molar-refractivity contribution in [2.45, 2.75) is 31.4 Å². The first-order valence-corrected chi connectivity index (χ1v) is 5.56. The number of fused-ring (bicyclic) bond motifs is 5. The van der Waals surface area contributed by atoms with Gasteiger partial charge in [0.05, 0.1) is 0 Å². The predicted molar refractivity (Wildman–Crippen MR) is 55.8 cm³/mol. The summed E-state index contributed by atoms with van der Waals surface area (Å²) in [5, 5.41) is 3.44. The summed E-state index contributed by atoms with van der Waals surface area (Å²) in [6.07, 6.45) is 2.18. The van der Waals surface area contributed by atoms with Crippen molar-refractivity contribution in [1.82, 2.24) is 5.32 Å². The van der Waals surface area contributed by atoms with Crippen molar-refractivity contribution in [3.63, 3.8) is 0 Å². The van der Waals surface area contributed by atoms with E-state index in [1.54, 1.807) is 12.1 Å². The van der Waals surface area contributed by atoms with Gasteiger partial charge in [0.15, 0.2) is 0 Å². The molecule has 1 aliphatic heterocycles. The third-order valence-corrected chi connectivity index (χ3v) is 3.50. The summed E-state index contributed by atoms with van der Waals surface area (Å²) >= 11 is 0. The molecular formula is C12H13F2NO. The van der Waals surface area contributed by atoms with Crippen LogP contribution in [0.15, 0.2) is 18.2 Å². The van der Waals surface area contributed by atoms with Crippen LogP contribution in [0.25, 0.3) is 0 Å². The highest BCUT2D eigenvalue weighted by Gasteiger charge is 2.34. The molecular weight excluding hydrogens is 212 g/mol. The van der Waals surface area contributed by atoms with Crippen LogP contribution >= 0.6 is 0 Å². The zero-order valence-electron chi connectivity index (χ0n) is 8.75. The van der Waals surface area contributed by atoms with E-state index in [1.165, 1.54) is 11.1 Å². The average molecular weight is 225 g/mol. The van der Waals surface area contributed by atoms with E-state index in [0.29, 0.717) is 12.0 Å². The molecule has 1 saturated heterocycles. The molecule has 1 aromatic carbocycles. The Bertz CT molecular complexity index is 408. The Morgan fingerprint density at radius 3 is 3.00 bits per heavy atom. The van der Waals surface area contributed by atoms with Gasteiger partial charge in [-0.05, 0) is 48.6 Å². The second-order valence-corrected chi connectivity index (χ2v) is 4.40. The van der Waals surface area contributed by atoms with E-state index in [9.17, 15) is 8.78 Å². The maximum Gasteiger partial charge on any atom is 0.387 e. The molecule has 2 atom stereocenters. The Morgan fingerprint density at radius 1 is 1.31 bits per heavy atom. The van der Waals surface area contributed by atoms with Crippen LogP contribution in [-0.4, -0.2) is 13.2 Å². The normalized spacial score (nSPS) is 26.9. The minimum absolute atomic E-state index is 0.279. The summed E-state index contributed by atoms with van der Waals surface area (Å²) in [6.45, 7) is -1.73. The Labute approximate surface area is 92.6 Å². The second-order valence-electron chi connectivity index (χ2n) is 4.40. The molecule has 0 unspecified atom stereocenters. The number of nitrogens with one attached hydrogen (secondary N) is 1. The molecule has 3 rings (SSSR count). The average Bonchev–Trinajstić information content (AvgIpc) is 2.50. The molecule has 1 fully saturated rings. The largest absolute Gasteiger partial charge is 0.435 e. The minimum atomic E-state index is -2.74. The van der Waals surface area contributed by atoms with Crippen molar-refractivity contribution in [3.8, 4) is 5.75 Å². The molecule has 0 amide bonds. The maximum absolute atomic E-state index is 12.1. The van der Waals surface area contributed by atoms with E-state index < -0.39 is 6.61 Å². The second kappa shape index (κ2) is 3.70. The lowest BCUT2D eigenvalue weighted by Crippen LogP contribution is -2.24. The first-order valence-electron chi connectivity index (χ1n) is 5.56. The molecule has 4 heteroatoms. The van der Waals surface area contributed by atoms with Crippen molar-refractivity contribution >= 4 is 0 Å². The third kappa shape index (κ3) is 1.57. The van der Waals surface area contributed by atoms with Crippen molar-refractivity contribution in [1.29, 1.82) is 0 Å². The molecule has 1 aromatic rings. The van der Waals surface area contributed by atoms with Crippen molar-refractivity contribution < 1.29 is 13.5 Å². The molecule has 2 bridgehead atoms. The van der Waals surface area contributed by atoms with Gasteiger partial charge in [0.1, 0.15) is 5.75 Å². The van der Waals surface area contributed by atoms with Crippen molar-refractivity contribution in [3.05, 3.63) is 29.3 Å².